The maximum atomic E-state index is 12.4. The number of aromatic nitrogens is 2. The van der Waals surface area contributed by atoms with Crippen LogP contribution in [0.5, 0.6) is 0 Å². The fourth-order valence-electron chi connectivity index (χ4n) is 2.58. The molecule has 1 fully saturated rings. The van der Waals surface area contributed by atoms with Crippen LogP contribution >= 0.6 is 0 Å². The van der Waals surface area contributed by atoms with Crippen LogP contribution in [0.3, 0.4) is 0 Å². The fourth-order valence-corrected chi connectivity index (χ4v) is 2.58. The van der Waals surface area contributed by atoms with Gasteiger partial charge in [-0.05, 0) is 25.2 Å². The smallest absolute Gasteiger partial charge is 0.274 e. The topological polar surface area (TPSA) is 75.2 Å². The van der Waals surface area contributed by atoms with Crippen LogP contribution in [-0.4, -0.2) is 46.3 Å². The number of rotatable bonds is 5. The van der Waals surface area contributed by atoms with Crippen LogP contribution in [0, 0.1) is 11.8 Å². The van der Waals surface area contributed by atoms with E-state index >= 15 is 0 Å². The van der Waals surface area contributed by atoms with E-state index in [0.29, 0.717) is 31.2 Å². The molecule has 6 nitrogen and oxygen atoms in total. The van der Waals surface area contributed by atoms with Gasteiger partial charge in [0.15, 0.2) is 0 Å². The Morgan fingerprint density at radius 3 is 2.91 bits per heavy atom. The molecule has 0 radical (unpaired) electrons. The number of amides is 2. The van der Waals surface area contributed by atoms with Gasteiger partial charge < -0.3 is 10.2 Å². The Morgan fingerprint density at radius 1 is 1.41 bits per heavy atom. The van der Waals surface area contributed by atoms with E-state index in [9.17, 15) is 9.59 Å². The second kappa shape index (κ2) is 7.87. The van der Waals surface area contributed by atoms with E-state index in [1.165, 1.54) is 18.6 Å². The Balaban J connectivity index is 1.88. The Morgan fingerprint density at radius 2 is 2.23 bits per heavy atom. The van der Waals surface area contributed by atoms with Crippen molar-refractivity contribution in [3.05, 3.63) is 24.3 Å². The van der Waals surface area contributed by atoms with Crippen molar-refractivity contribution >= 4 is 11.8 Å². The zero-order valence-corrected chi connectivity index (χ0v) is 13.3. The lowest BCUT2D eigenvalue weighted by Gasteiger charge is -2.31. The van der Waals surface area contributed by atoms with Gasteiger partial charge in [-0.2, -0.15) is 0 Å². The third-order valence-corrected chi connectivity index (χ3v) is 3.88. The minimum atomic E-state index is -0.146. The normalized spacial score (nSPS) is 18.3. The molecule has 0 saturated carbocycles. The molecule has 120 valence electrons. The predicted molar refractivity (Wildman–Crippen MR) is 83.1 cm³/mol. The summed E-state index contributed by atoms with van der Waals surface area (Å²) in [6.07, 6.45) is 7.16. The molecule has 2 amide bonds. The summed E-state index contributed by atoms with van der Waals surface area (Å²) in [5.74, 6) is 0.355. The molecular formula is C16H24N4O2. The Kier molecular flexibility index (Phi) is 5.86. The van der Waals surface area contributed by atoms with Gasteiger partial charge in [0.25, 0.3) is 5.91 Å². The van der Waals surface area contributed by atoms with Gasteiger partial charge in [0.2, 0.25) is 5.91 Å². The molecule has 22 heavy (non-hydrogen) atoms. The number of piperidine rings is 1. The lowest BCUT2D eigenvalue weighted by molar-refractivity contribution is -0.126. The van der Waals surface area contributed by atoms with Gasteiger partial charge in [0.1, 0.15) is 5.69 Å². The molecule has 1 aliphatic heterocycles. The predicted octanol–water partition coefficient (Wildman–Crippen LogP) is 1.49. The third-order valence-electron chi connectivity index (χ3n) is 3.88. The summed E-state index contributed by atoms with van der Waals surface area (Å²) >= 11 is 0. The van der Waals surface area contributed by atoms with E-state index in [0.717, 1.165) is 19.3 Å². The highest BCUT2D eigenvalue weighted by atomic mass is 16.2. The summed E-state index contributed by atoms with van der Waals surface area (Å²) in [6, 6.07) is 0. The van der Waals surface area contributed by atoms with Crippen LogP contribution in [0.15, 0.2) is 18.6 Å². The molecule has 0 aliphatic carbocycles. The molecule has 2 heterocycles. The molecular weight excluding hydrogens is 280 g/mol. The lowest BCUT2D eigenvalue weighted by atomic mass is 9.96. The molecule has 1 unspecified atom stereocenters. The molecule has 6 heteroatoms. The summed E-state index contributed by atoms with van der Waals surface area (Å²) in [5.41, 5.74) is 0.336. The fraction of sp³-hybridized carbons (Fsp3) is 0.625. The number of hydrogen-bond donors (Lipinski definition) is 1. The monoisotopic (exact) mass is 304 g/mol. The lowest BCUT2D eigenvalue weighted by Crippen LogP contribution is -2.45. The number of carbonyl (C=O) groups is 2. The van der Waals surface area contributed by atoms with Crippen molar-refractivity contribution in [2.24, 2.45) is 11.8 Å². The van der Waals surface area contributed by atoms with Crippen molar-refractivity contribution < 1.29 is 9.59 Å². The summed E-state index contributed by atoms with van der Waals surface area (Å²) in [5, 5.41) is 2.98. The summed E-state index contributed by atoms with van der Waals surface area (Å²) in [7, 11) is 0. The van der Waals surface area contributed by atoms with Crippen LogP contribution in [0.25, 0.3) is 0 Å². The average Bonchev–Trinajstić information content (AvgIpc) is 2.54. The van der Waals surface area contributed by atoms with Gasteiger partial charge in [-0.15, -0.1) is 0 Å². The zero-order valence-electron chi connectivity index (χ0n) is 13.3. The highest BCUT2D eigenvalue weighted by molar-refractivity contribution is 5.92. The first-order valence-electron chi connectivity index (χ1n) is 7.91. The quantitative estimate of drug-likeness (QED) is 0.894. The maximum Gasteiger partial charge on any atom is 0.274 e. The second-order valence-electron chi connectivity index (χ2n) is 6.15. The van der Waals surface area contributed by atoms with Gasteiger partial charge in [0.05, 0.1) is 12.1 Å². The highest BCUT2D eigenvalue weighted by Gasteiger charge is 2.29. The molecule has 1 aromatic heterocycles. The molecule has 1 saturated heterocycles. The van der Waals surface area contributed by atoms with Gasteiger partial charge in [0, 0.05) is 32.0 Å². The summed E-state index contributed by atoms with van der Waals surface area (Å²) in [4.78, 5) is 34.2. The molecule has 1 aromatic rings. The van der Waals surface area contributed by atoms with E-state index in [2.05, 4.69) is 29.1 Å². The van der Waals surface area contributed by atoms with E-state index in [-0.39, 0.29) is 17.7 Å². The summed E-state index contributed by atoms with van der Waals surface area (Å²) in [6.45, 7) is 6.10. The van der Waals surface area contributed by atoms with Crippen LogP contribution < -0.4 is 5.32 Å². The molecule has 0 spiro atoms. The number of likely N-dealkylation sites (tertiary alicyclic amines) is 1. The third kappa shape index (κ3) is 4.51. The Labute approximate surface area is 131 Å². The van der Waals surface area contributed by atoms with Gasteiger partial charge in [-0.3, -0.25) is 14.6 Å². The van der Waals surface area contributed by atoms with Crippen molar-refractivity contribution in [3.63, 3.8) is 0 Å². The number of nitrogens with zero attached hydrogens (tertiary/aromatic N) is 3. The van der Waals surface area contributed by atoms with Crippen LogP contribution in [0.2, 0.25) is 0 Å². The van der Waals surface area contributed by atoms with E-state index in [1.807, 2.05) is 0 Å². The molecule has 0 bridgehead atoms. The molecule has 1 aliphatic rings. The number of carbonyl (C=O) groups excluding carboxylic acids is 2. The molecule has 0 aromatic carbocycles. The first kappa shape index (κ1) is 16.4. The number of nitrogens with one attached hydrogen (secondary N) is 1. The van der Waals surface area contributed by atoms with Gasteiger partial charge in [-0.25, -0.2) is 4.98 Å². The van der Waals surface area contributed by atoms with Crippen LogP contribution in [0.4, 0.5) is 0 Å². The van der Waals surface area contributed by atoms with E-state index in [4.69, 9.17) is 0 Å². The second-order valence-corrected chi connectivity index (χ2v) is 6.15. The molecule has 1 N–H and O–H groups in total. The minimum Gasteiger partial charge on any atom is -0.356 e. The number of hydrogen-bond acceptors (Lipinski definition) is 4. The standard InChI is InChI=1S/C16H24N4O2/c1-12(2)5-6-19-15(21)13-4-3-9-20(11-13)16(22)14-10-17-7-8-18-14/h7-8,10,12-13H,3-6,9,11H2,1-2H3,(H,19,21). The van der Waals surface area contributed by atoms with Crippen LogP contribution in [0.1, 0.15) is 43.6 Å². The molecule has 1 atom stereocenters. The first-order valence-corrected chi connectivity index (χ1v) is 7.91. The Hall–Kier alpha value is -1.98. The first-order chi connectivity index (χ1) is 10.6. The molecule has 2 rings (SSSR count). The van der Waals surface area contributed by atoms with Gasteiger partial charge >= 0.3 is 0 Å². The zero-order chi connectivity index (χ0) is 15.9. The van der Waals surface area contributed by atoms with Gasteiger partial charge in [-0.1, -0.05) is 13.8 Å². The maximum absolute atomic E-state index is 12.4. The van der Waals surface area contributed by atoms with Crippen molar-refractivity contribution in [2.45, 2.75) is 33.1 Å². The summed E-state index contributed by atoms with van der Waals surface area (Å²) < 4.78 is 0. The van der Waals surface area contributed by atoms with Crippen molar-refractivity contribution in [3.8, 4) is 0 Å². The van der Waals surface area contributed by atoms with Crippen LogP contribution in [-0.2, 0) is 4.79 Å². The highest BCUT2D eigenvalue weighted by Crippen LogP contribution is 2.18. The van der Waals surface area contributed by atoms with E-state index < -0.39 is 0 Å². The Bertz CT molecular complexity index is 504. The van der Waals surface area contributed by atoms with E-state index in [1.54, 1.807) is 4.90 Å². The van der Waals surface area contributed by atoms with Crippen molar-refractivity contribution in [1.29, 1.82) is 0 Å². The van der Waals surface area contributed by atoms with Crippen molar-refractivity contribution in [2.75, 3.05) is 19.6 Å². The minimum absolute atomic E-state index is 0.0531. The van der Waals surface area contributed by atoms with Crippen molar-refractivity contribution in [1.82, 2.24) is 20.2 Å². The average molecular weight is 304 g/mol. The SMILES string of the molecule is CC(C)CCNC(=O)C1CCCN(C(=O)c2cnccn2)C1. The largest absolute Gasteiger partial charge is 0.356 e.